The number of thiophene rings is 1. The van der Waals surface area contributed by atoms with Crippen molar-refractivity contribution in [3.05, 3.63) is 17.5 Å². The highest BCUT2D eigenvalue weighted by atomic mass is 35.5. The maximum atomic E-state index is 13.0. The average molecular weight is 342 g/mol. The third-order valence-electron chi connectivity index (χ3n) is 5.96. The highest BCUT2D eigenvalue weighted by molar-refractivity contribution is 7.11. The van der Waals surface area contributed by atoms with E-state index in [0.717, 1.165) is 30.4 Å². The van der Waals surface area contributed by atoms with Crippen molar-refractivity contribution >= 4 is 29.7 Å². The number of fused-ring (bicyclic) bond motifs is 3. The Labute approximate surface area is 142 Å². The molecular weight excluding hydrogens is 318 g/mol. The van der Waals surface area contributed by atoms with Crippen LogP contribution in [0.3, 0.4) is 0 Å². The smallest absolute Gasteiger partial charge is 0.318 e. The van der Waals surface area contributed by atoms with Crippen molar-refractivity contribution in [2.75, 3.05) is 19.6 Å². The van der Waals surface area contributed by atoms with Crippen molar-refractivity contribution < 1.29 is 9.53 Å². The van der Waals surface area contributed by atoms with Gasteiger partial charge in [0.05, 0.1) is 5.41 Å². The molecule has 4 fully saturated rings. The normalized spacial score (nSPS) is 32.5. The van der Waals surface area contributed by atoms with Crippen LogP contribution in [0.2, 0.25) is 0 Å². The molecule has 1 atom stereocenters. The van der Waals surface area contributed by atoms with Crippen molar-refractivity contribution in [1.29, 1.82) is 0 Å². The van der Waals surface area contributed by atoms with Gasteiger partial charge < -0.3 is 9.64 Å². The molecule has 22 heavy (non-hydrogen) atoms. The molecule has 4 heterocycles. The zero-order valence-electron chi connectivity index (χ0n) is 12.8. The molecule has 122 valence electrons. The Bertz CT molecular complexity index is 505. The minimum atomic E-state index is -0.201. The minimum absolute atomic E-state index is 0. The van der Waals surface area contributed by atoms with Crippen molar-refractivity contribution in [2.45, 2.75) is 38.5 Å². The van der Waals surface area contributed by atoms with Crippen molar-refractivity contribution in [1.82, 2.24) is 4.90 Å². The maximum absolute atomic E-state index is 13.0. The molecule has 2 bridgehead atoms. The van der Waals surface area contributed by atoms with Gasteiger partial charge in [-0.25, -0.2) is 0 Å². The number of esters is 1. The number of carbonyl (C=O) groups is 1. The van der Waals surface area contributed by atoms with E-state index < -0.39 is 0 Å². The van der Waals surface area contributed by atoms with Crippen LogP contribution in [-0.4, -0.2) is 30.5 Å². The summed E-state index contributed by atoms with van der Waals surface area (Å²) in [7, 11) is 0. The van der Waals surface area contributed by atoms with E-state index in [2.05, 4.69) is 4.90 Å². The van der Waals surface area contributed by atoms with E-state index in [1.54, 1.807) is 0 Å². The Kier molecular flexibility index (Phi) is 4.81. The van der Waals surface area contributed by atoms with Gasteiger partial charge in [0.15, 0.2) is 5.06 Å². The second kappa shape index (κ2) is 6.50. The van der Waals surface area contributed by atoms with Crippen LogP contribution in [-0.2, 0) is 4.79 Å². The SMILES string of the molecule is Cl.O=C(Oc1cccs1)C1(C2CN3CCC2CC3)CCCC1. The highest BCUT2D eigenvalue weighted by Gasteiger charge is 2.54. The van der Waals surface area contributed by atoms with E-state index in [0.29, 0.717) is 5.92 Å². The lowest BCUT2D eigenvalue weighted by atomic mass is 9.63. The van der Waals surface area contributed by atoms with Gasteiger partial charge in [-0.1, -0.05) is 12.8 Å². The summed E-state index contributed by atoms with van der Waals surface area (Å²) in [4.78, 5) is 15.5. The van der Waals surface area contributed by atoms with E-state index in [-0.39, 0.29) is 23.8 Å². The van der Waals surface area contributed by atoms with Crippen molar-refractivity contribution in [3.63, 3.8) is 0 Å². The molecule has 1 aliphatic carbocycles. The Hall–Kier alpha value is -0.580. The molecule has 3 nitrogen and oxygen atoms in total. The first-order valence-corrected chi connectivity index (χ1v) is 9.14. The summed E-state index contributed by atoms with van der Waals surface area (Å²) in [5.74, 6) is 1.32. The van der Waals surface area contributed by atoms with E-state index in [1.165, 1.54) is 50.1 Å². The monoisotopic (exact) mass is 341 g/mol. The van der Waals surface area contributed by atoms with Crippen LogP contribution >= 0.6 is 23.7 Å². The predicted molar refractivity (Wildman–Crippen MR) is 90.8 cm³/mol. The molecule has 1 saturated carbocycles. The van der Waals surface area contributed by atoms with Gasteiger partial charge in [0.25, 0.3) is 0 Å². The molecule has 0 radical (unpaired) electrons. The average Bonchev–Trinajstić information content (AvgIpc) is 3.20. The molecule has 4 aliphatic rings. The quantitative estimate of drug-likeness (QED) is 0.779. The molecule has 1 aromatic heterocycles. The van der Waals surface area contributed by atoms with Gasteiger partial charge in [0.2, 0.25) is 0 Å². The third-order valence-corrected chi connectivity index (χ3v) is 6.70. The largest absolute Gasteiger partial charge is 0.415 e. The fourth-order valence-electron chi connectivity index (χ4n) is 4.84. The van der Waals surface area contributed by atoms with E-state index >= 15 is 0 Å². The molecule has 1 unspecified atom stereocenters. The minimum Gasteiger partial charge on any atom is -0.415 e. The Morgan fingerprint density at radius 3 is 2.55 bits per heavy atom. The first kappa shape index (κ1) is 16.3. The van der Waals surface area contributed by atoms with E-state index in [9.17, 15) is 4.79 Å². The summed E-state index contributed by atoms with van der Waals surface area (Å²) in [5.41, 5.74) is -0.201. The number of rotatable bonds is 3. The summed E-state index contributed by atoms with van der Waals surface area (Å²) in [6.07, 6.45) is 6.99. The summed E-state index contributed by atoms with van der Waals surface area (Å²) >= 11 is 1.52. The number of piperidine rings is 3. The maximum Gasteiger partial charge on any atom is 0.318 e. The molecule has 0 aromatic carbocycles. The van der Waals surface area contributed by atoms with Crippen molar-refractivity contribution in [2.24, 2.45) is 17.3 Å². The number of carbonyl (C=O) groups excluding carboxylic acids is 1. The Morgan fingerprint density at radius 1 is 1.27 bits per heavy atom. The molecule has 5 rings (SSSR count). The Balaban J connectivity index is 0.00000144. The highest BCUT2D eigenvalue weighted by Crippen LogP contribution is 2.52. The molecule has 0 N–H and O–H groups in total. The van der Waals surface area contributed by atoms with Gasteiger partial charge in [0.1, 0.15) is 0 Å². The topological polar surface area (TPSA) is 29.5 Å². The molecule has 0 amide bonds. The fraction of sp³-hybridized carbons (Fsp3) is 0.706. The number of halogens is 1. The van der Waals surface area contributed by atoms with Gasteiger partial charge in [-0.3, -0.25) is 4.79 Å². The lowest BCUT2D eigenvalue weighted by molar-refractivity contribution is -0.155. The number of ether oxygens (including phenoxy) is 1. The zero-order valence-corrected chi connectivity index (χ0v) is 14.5. The standard InChI is InChI=1S/C17H23NO2S.ClH/c19-16(20-15-4-3-11-21-15)17(7-1-2-8-17)14-12-18-9-5-13(14)6-10-18;/h3-4,11,13-14H,1-2,5-10,12H2;1H. The summed E-state index contributed by atoms with van der Waals surface area (Å²) < 4.78 is 5.76. The van der Waals surface area contributed by atoms with Crippen LogP contribution in [0.4, 0.5) is 0 Å². The lowest BCUT2D eigenvalue weighted by Gasteiger charge is -2.50. The van der Waals surface area contributed by atoms with Gasteiger partial charge in [-0.05, 0) is 68.1 Å². The first-order valence-electron chi connectivity index (χ1n) is 8.26. The van der Waals surface area contributed by atoms with Crippen LogP contribution in [0.25, 0.3) is 0 Å². The number of hydrogen-bond acceptors (Lipinski definition) is 4. The lowest BCUT2D eigenvalue weighted by Crippen LogP contribution is -2.55. The second-order valence-electron chi connectivity index (χ2n) is 6.93. The van der Waals surface area contributed by atoms with Gasteiger partial charge in [-0.2, -0.15) is 0 Å². The van der Waals surface area contributed by atoms with Gasteiger partial charge in [0, 0.05) is 6.54 Å². The van der Waals surface area contributed by atoms with Crippen LogP contribution in [0.5, 0.6) is 5.06 Å². The third kappa shape index (κ3) is 2.70. The summed E-state index contributed by atoms with van der Waals surface area (Å²) in [6.45, 7) is 3.58. The first-order chi connectivity index (χ1) is 10.3. The molecule has 0 spiro atoms. The summed E-state index contributed by atoms with van der Waals surface area (Å²) in [6, 6.07) is 3.85. The Morgan fingerprint density at radius 2 is 2.00 bits per heavy atom. The summed E-state index contributed by atoms with van der Waals surface area (Å²) in [5, 5.41) is 2.73. The van der Waals surface area contributed by atoms with E-state index in [1.807, 2.05) is 17.5 Å². The number of hydrogen-bond donors (Lipinski definition) is 0. The van der Waals surface area contributed by atoms with Crippen LogP contribution < -0.4 is 4.74 Å². The molecule has 1 aromatic rings. The van der Waals surface area contributed by atoms with Crippen molar-refractivity contribution in [3.8, 4) is 5.06 Å². The van der Waals surface area contributed by atoms with Crippen LogP contribution in [0.1, 0.15) is 38.5 Å². The van der Waals surface area contributed by atoms with Gasteiger partial charge in [-0.15, -0.1) is 23.7 Å². The van der Waals surface area contributed by atoms with Gasteiger partial charge >= 0.3 is 5.97 Å². The predicted octanol–water partition coefficient (Wildman–Crippen LogP) is 3.98. The zero-order chi connectivity index (χ0) is 14.3. The fourth-order valence-corrected chi connectivity index (χ4v) is 5.41. The van der Waals surface area contributed by atoms with Crippen LogP contribution in [0.15, 0.2) is 17.5 Å². The van der Waals surface area contributed by atoms with E-state index in [4.69, 9.17) is 4.74 Å². The molecule has 3 saturated heterocycles. The molecule has 5 heteroatoms. The molecule has 3 aliphatic heterocycles. The molecular formula is C17H24ClNO2S. The van der Waals surface area contributed by atoms with Crippen LogP contribution in [0, 0.1) is 17.3 Å². The number of nitrogens with zero attached hydrogens (tertiary/aromatic N) is 1. The second-order valence-corrected chi connectivity index (χ2v) is 7.84.